The van der Waals surface area contributed by atoms with E-state index in [9.17, 15) is 9.59 Å². The van der Waals surface area contributed by atoms with Gasteiger partial charge in [0.1, 0.15) is 6.10 Å². The molecule has 0 aromatic heterocycles. The number of fused-ring (bicyclic) bond motifs is 1. The Morgan fingerprint density at radius 2 is 2.05 bits per heavy atom. The van der Waals surface area contributed by atoms with E-state index in [-0.39, 0.29) is 46.4 Å². The predicted octanol–water partition coefficient (Wildman–Crippen LogP) is 3.69. The van der Waals surface area contributed by atoms with Crippen LogP contribution in [-0.4, -0.2) is 17.9 Å². The first kappa shape index (κ1) is 15.5. The predicted molar refractivity (Wildman–Crippen MR) is 85.1 cm³/mol. The van der Waals surface area contributed by atoms with E-state index in [1.54, 1.807) is 6.08 Å². The number of carbonyl (C=O) groups is 2. The smallest absolute Gasteiger partial charge is 0.310 e. The fraction of sp³-hybridized carbons (Fsp3) is 0.684. The molecule has 2 aliphatic carbocycles. The monoisotopic (exact) mass is 302 g/mol. The summed E-state index contributed by atoms with van der Waals surface area (Å²) < 4.78 is 5.73. The quantitative estimate of drug-likeness (QED) is 0.577. The zero-order valence-corrected chi connectivity index (χ0v) is 13.8. The van der Waals surface area contributed by atoms with Gasteiger partial charge in [0.05, 0.1) is 5.92 Å². The van der Waals surface area contributed by atoms with E-state index in [2.05, 4.69) is 27.4 Å². The van der Waals surface area contributed by atoms with Crippen LogP contribution in [0, 0.1) is 28.6 Å². The molecule has 0 bridgehead atoms. The van der Waals surface area contributed by atoms with Crippen molar-refractivity contribution in [2.75, 3.05) is 0 Å². The van der Waals surface area contributed by atoms with Gasteiger partial charge in [0.15, 0.2) is 5.78 Å². The maximum Gasteiger partial charge on any atom is 0.310 e. The molecule has 0 aromatic rings. The third-order valence-corrected chi connectivity index (χ3v) is 6.27. The van der Waals surface area contributed by atoms with Crippen molar-refractivity contribution in [2.24, 2.45) is 28.6 Å². The summed E-state index contributed by atoms with van der Waals surface area (Å²) >= 11 is 0. The summed E-state index contributed by atoms with van der Waals surface area (Å²) in [7, 11) is 0. The topological polar surface area (TPSA) is 43.4 Å². The van der Waals surface area contributed by atoms with Crippen molar-refractivity contribution in [3.8, 4) is 0 Å². The van der Waals surface area contributed by atoms with Crippen LogP contribution in [-0.2, 0) is 14.3 Å². The van der Waals surface area contributed by atoms with E-state index >= 15 is 0 Å². The average Bonchev–Trinajstić information content (AvgIpc) is 2.79. The Morgan fingerprint density at radius 1 is 1.32 bits per heavy atom. The normalized spacial score (nSPS) is 43.6. The molecule has 0 radical (unpaired) electrons. The molecular weight excluding hydrogens is 276 g/mol. The lowest BCUT2D eigenvalue weighted by atomic mass is 9.56. The number of ether oxygens (including phenoxy) is 1. The minimum Gasteiger partial charge on any atom is -0.462 e. The largest absolute Gasteiger partial charge is 0.462 e. The Bertz CT molecular complexity index is 545. The first-order valence-electron chi connectivity index (χ1n) is 8.35. The Labute approximate surface area is 132 Å². The summed E-state index contributed by atoms with van der Waals surface area (Å²) in [5.41, 5.74) is -0.244. The molecule has 1 saturated carbocycles. The van der Waals surface area contributed by atoms with Crippen molar-refractivity contribution >= 4 is 11.8 Å². The first-order chi connectivity index (χ1) is 10.3. The van der Waals surface area contributed by atoms with Crippen LogP contribution in [0.4, 0.5) is 0 Å². The lowest BCUT2D eigenvalue weighted by Gasteiger charge is -2.46. The molecule has 3 rings (SSSR count). The molecule has 0 N–H and O–H groups in total. The third-order valence-electron chi connectivity index (χ3n) is 6.27. The van der Waals surface area contributed by atoms with Gasteiger partial charge in [0.2, 0.25) is 0 Å². The lowest BCUT2D eigenvalue weighted by molar-refractivity contribution is -0.146. The van der Waals surface area contributed by atoms with Gasteiger partial charge in [0, 0.05) is 12.3 Å². The van der Waals surface area contributed by atoms with Crippen LogP contribution in [0.25, 0.3) is 0 Å². The number of esters is 1. The van der Waals surface area contributed by atoms with E-state index < -0.39 is 0 Å². The number of hydrogen-bond donors (Lipinski definition) is 0. The molecule has 22 heavy (non-hydrogen) atoms. The van der Waals surface area contributed by atoms with Crippen LogP contribution in [0.1, 0.15) is 46.5 Å². The maximum atomic E-state index is 12.6. The van der Waals surface area contributed by atoms with Crippen LogP contribution < -0.4 is 0 Å². The van der Waals surface area contributed by atoms with Crippen molar-refractivity contribution < 1.29 is 14.3 Å². The molecule has 1 aliphatic heterocycles. The molecule has 3 nitrogen and oxygen atoms in total. The van der Waals surface area contributed by atoms with Crippen LogP contribution in [0.3, 0.4) is 0 Å². The number of rotatable bonds is 2. The molecule has 2 fully saturated rings. The second-order valence-electron chi connectivity index (χ2n) is 8.06. The zero-order chi connectivity index (χ0) is 16.1. The fourth-order valence-electron chi connectivity index (χ4n) is 4.82. The summed E-state index contributed by atoms with van der Waals surface area (Å²) in [6, 6.07) is 0. The summed E-state index contributed by atoms with van der Waals surface area (Å²) in [6.45, 7) is 10.5. The van der Waals surface area contributed by atoms with Gasteiger partial charge < -0.3 is 4.74 Å². The van der Waals surface area contributed by atoms with E-state index in [4.69, 9.17) is 4.74 Å². The molecule has 120 valence electrons. The molecule has 1 saturated heterocycles. The second kappa shape index (κ2) is 5.07. The van der Waals surface area contributed by atoms with Crippen LogP contribution in [0.2, 0.25) is 0 Å². The van der Waals surface area contributed by atoms with E-state index in [1.807, 2.05) is 12.2 Å². The van der Waals surface area contributed by atoms with Crippen LogP contribution in [0.15, 0.2) is 24.8 Å². The summed E-state index contributed by atoms with van der Waals surface area (Å²) in [4.78, 5) is 24.6. The van der Waals surface area contributed by atoms with Gasteiger partial charge >= 0.3 is 5.97 Å². The first-order valence-corrected chi connectivity index (χ1v) is 8.35. The van der Waals surface area contributed by atoms with Gasteiger partial charge in [-0.3, -0.25) is 9.59 Å². The standard InChI is InChI=1S/C19H26O3/c1-5-19(4)9-6-7-14-16(19)15(17(21)22-14)13-11-12(20)8-10-18(13,2)3/h5,8,10,13-16H,1,6-7,9,11H2,2-4H3/t13?,14-,15-,16+,19-/m1/s1. The van der Waals surface area contributed by atoms with Gasteiger partial charge in [-0.05, 0) is 42.1 Å². The molecule has 1 heterocycles. The van der Waals surface area contributed by atoms with Gasteiger partial charge in [0.25, 0.3) is 0 Å². The summed E-state index contributed by atoms with van der Waals surface area (Å²) in [5, 5.41) is 0. The highest BCUT2D eigenvalue weighted by atomic mass is 16.6. The van der Waals surface area contributed by atoms with E-state index in [1.165, 1.54) is 0 Å². The average molecular weight is 302 g/mol. The molecule has 3 heteroatoms. The fourth-order valence-corrected chi connectivity index (χ4v) is 4.82. The highest BCUT2D eigenvalue weighted by Gasteiger charge is 2.58. The van der Waals surface area contributed by atoms with E-state index in [0.29, 0.717) is 6.42 Å². The molecule has 0 spiro atoms. The summed E-state index contributed by atoms with van der Waals surface area (Å²) in [6.07, 6.45) is 9.13. The maximum absolute atomic E-state index is 12.6. The second-order valence-corrected chi connectivity index (χ2v) is 8.06. The molecule has 1 unspecified atom stereocenters. The van der Waals surface area contributed by atoms with Gasteiger partial charge in [-0.1, -0.05) is 32.9 Å². The van der Waals surface area contributed by atoms with Crippen LogP contribution >= 0.6 is 0 Å². The third kappa shape index (κ3) is 2.26. The molecule has 3 aliphatic rings. The Morgan fingerprint density at radius 3 is 2.73 bits per heavy atom. The van der Waals surface area contributed by atoms with Crippen molar-refractivity contribution in [1.82, 2.24) is 0 Å². The van der Waals surface area contributed by atoms with Crippen LogP contribution in [0.5, 0.6) is 0 Å². The Kier molecular flexibility index (Phi) is 3.58. The highest BCUT2D eigenvalue weighted by Crippen LogP contribution is 2.56. The summed E-state index contributed by atoms with van der Waals surface area (Å²) in [5.74, 6) is -0.0141. The number of carbonyl (C=O) groups excluding carboxylic acids is 2. The van der Waals surface area contributed by atoms with Crippen molar-refractivity contribution in [3.63, 3.8) is 0 Å². The van der Waals surface area contributed by atoms with Crippen molar-refractivity contribution in [2.45, 2.75) is 52.6 Å². The number of ketones is 1. The minimum atomic E-state index is -0.197. The van der Waals surface area contributed by atoms with Gasteiger partial charge in [-0.2, -0.15) is 0 Å². The molecule has 0 amide bonds. The SMILES string of the molecule is C=C[C@]1(C)CCC[C@H]2OC(=O)[C@H](C3CC(=O)C=CC3(C)C)[C@H]21. The molecule has 5 atom stereocenters. The zero-order valence-electron chi connectivity index (χ0n) is 13.8. The Hall–Kier alpha value is -1.38. The number of hydrogen-bond acceptors (Lipinski definition) is 3. The van der Waals surface area contributed by atoms with Crippen molar-refractivity contribution in [3.05, 3.63) is 24.8 Å². The van der Waals surface area contributed by atoms with Gasteiger partial charge in [-0.15, -0.1) is 6.58 Å². The minimum absolute atomic E-state index is 0.00828. The Balaban J connectivity index is 2.01. The lowest BCUT2D eigenvalue weighted by Crippen LogP contribution is -2.46. The molecular formula is C19H26O3. The van der Waals surface area contributed by atoms with E-state index in [0.717, 1.165) is 19.3 Å². The highest BCUT2D eigenvalue weighted by molar-refractivity contribution is 5.91. The van der Waals surface area contributed by atoms with Gasteiger partial charge in [-0.25, -0.2) is 0 Å². The molecule has 0 aromatic carbocycles. The van der Waals surface area contributed by atoms with Crippen molar-refractivity contribution in [1.29, 1.82) is 0 Å². The number of allylic oxidation sites excluding steroid dienone is 3.